The molecule has 0 fully saturated rings. The molecule has 0 aliphatic heterocycles. The zero-order valence-corrected chi connectivity index (χ0v) is 17.1. The fraction of sp³-hybridized carbons (Fsp3) is 0.263. The van der Waals surface area contributed by atoms with E-state index in [9.17, 15) is 14.5 Å². The molecule has 0 bridgehead atoms. The van der Waals surface area contributed by atoms with Gasteiger partial charge in [0, 0.05) is 23.2 Å². The Morgan fingerprint density at radius 2 is 2.03 bits per heavy atom. The van der Waals surface area contributed by atoms with Crippen molar-refractivity contribution in [3.05, 3.63) is 57.1 Å². The highest BCUT2D eigenvalue weighted by atomic mass is 79.9. The Hall–Kier alpha value is -2.85. The highest BCUT2D eigenvalue weighted by Crippen LogP contribution is 2.35. The van der Waals surface area contributed by atoms with Crippen LogP contribution in [-0.2, 0) is 4.74 Å². The largest absolute Gasteiger partial charge is 0.484 e. The zero-order valence-electron chi connectivity index (χ0n) is 15.5. The number of anilines is 2. The number of ether oxygens (including phenoxy) is 2. The normalized spacial score (nSPS) is 10.9. The van der Waals surface area contributed by atoms with Gasteiger partial charge in [0.2, 0.25) is 0 Å². The van der Waals surface area contributed by atoms with E-state index in [-0.39, 0.29) is 29.5 Å². The second-order valence-electron chi connectivity index (χ2n) is 6.03. The molecule has 0 aliphatic rings. The molecule has 0 saturated carbocycles. The average molecular weight is 465 g/mol. The lowest BCUT2D eigenvalue weighted by atomic mass is 10.2. The Labute approximate surface area is 174 Å². The maximum Gasteiger partial charge on any atom is 0.311 e. The monoisotopic (exact) mass is 464 g/mol. The van der Waals surface area contributed by atoms with Crippen molar-refractivity contribution < 1.29 is 18.8 Å². The molecule has 1 aromatic heterocycles. The number of nitrogens with one attached hydrogen (secondary N) is 1. The number of nitro benzene ring substituents is 1. The third-order valence-electron chi connectivity index (χ3n) is 3.93. The number of nitrogens with zero attached hydrogens (tertiary/aromatic N) is 3. The van der Waals surface area contributed by atoms with Gasteiger partial charge in [-0.1, -0.05) is 22.9 Å². The third kappa shape index (κ3) is 5.15. The van der Waals surface area contributed by atoms with Crippen molar-refractivity contribution in [2.75, 3.05) is 25.1 Å². The highest BCUT2D eigenvalue weighted by molar-refractivity contribution is 9.10. The molecular formula is C19H18BrFN4O4. The first-order chi connectivity index (χ1) is 14.0. The van der Waals surface area contributed by atoms with Gasteiger partial charge >= 0.3 is 5.69 Å². The van der Waals surface area contributed by atoms with Crippen LogP contribution >= 0.6 is 15.9 Å². The van der Waals surface area contributed by atoms with Gasteiger partial charge in [0.25, 0.3) is 0 Å². The average Bonchev–Trinajstić information content (AvgIpc) is 2.69. The molecule has 0 aliphatic carbocycles. The van der Waals surface area contributed by atoms with Gasteiger partial charge in [0.05, 0.1) is 28.1 Å². The van der Waals surface area contributed by atoms with Crippen molar-refractivity contribution in [2.45, 2.75) is 13.3 Å². The molecule has 1 heterocycles. The molecule has 1 N–H and O–H groups in total. The van der Waals surface area contributed by atoms with Crippen LogP contribution in [-0.4, -0.2) is 34.7 Å². The number of benzene rings is 2. The SMILES string of the molecule is CCCOCCOc1cc2ncnc(Nc3ccc(Br)cc3F)c2cc1[N+](=O)[O-]. The Morgan fingerprint density at radius 3 is 2.76 bits per heavy atom. The van der Waals surface area contributed by atoms with Crippen LogP contribution in [0.2, 0.25) is 0 Å². The quantitative estimate of drug-likeness (QED) is 0.270. The van der Waals surface area contributed by atoms with Crippen molar-refractivity contribution in [2.24, 2.45) is 0 Å². The van der Waals surface area contributed by atoms with E-state index >= 15 is 0 Å². The van der Waals surface area contributed by atoms with E-state index < -0.39 is 10.7 Å². The van der Waals surface area contributed by atoms with Crippen LogP contribution in [0.25, 0.3) is 10.9 Å². The van der Waals surface area contributed by atoms with Gasteiger partial charge in [-0.3, -0.25) is 10.1 Å². The molecule has 3 rings (SSSR count). The summed E-state index contributed by atoms with van der Waals surface area (Å²) in [4.78, 5) is 19.2. The number of hydrogen-bond acceptors (Lipinski definition) is 7. The Morgan fingerprint density at radius 1 is 1.21 bits per heavy atom. The maximum absolute atomic E-state index is 14.2. The van der Waals surface area contributed by atoms with E-state index in [1.165, 1.54) is 30.6 Å². The van der Waals surface area contributed by atoms with Crippen LogP contribution in [0.15, 0.2) is 41.1 Å². The zero-order chi connectivity index (χ0) is 20.8. The van der Waals surface area contributed by atoms with Crippen LogP contribution in [0.5, 0.6) is 5.75 Å². The molecule has 10 heteroatoms. The lowest BCUT2D eigenvalue weighted by molar-refractivity contribution is -0.385. The van der Waals surface area contributed by atoms with E-state index in [0.29, 0.717) is 28.6 Å². The fourth-order valence-electron chi connectivity index (χ4n) is 2.61. The van der Waals surface area contributed by atoms with E-state index in [1.807, 2.05) is 6.92 Å². The topological polar surface area (TPSA) is 99.4 Å². The summed E-state index contributed by atoms with van der Waals surface area (Å²) in [5, 5.41) is 14.8. The van der Waals surface area contributed by atoms with E-state index in [4.69, 9.17) is 9.47 Å². The molecule has 0 amide bonds. The minimum absolute atomic E-state index is 0.0853. The molecule has 0 radical (unpaired) electrons. The van der Waals surface area contributed by atoms with E-state index in [2.05, 4.69) is 31.2 Å². The molecule has 29 heavy (non-hydrogen) atoms. The summed E-state index contributed by atoms with van der Waals surface area (Å²) in [5.74, 6) is -0.160. The molecule has 0 atom stereocenters. The standard InChI is InChI=1S/C19H18BrFN4O4/c1-2-5-28-6-7-29-18-10-16-13(9-17(18)25(26)27)19(23-11-22-16)24-15-4-3-12(20)8-14(15)21/h3-4,8-11H,2,5-7H2,1H3,(H,22,23,24). The van der Waals surface area contributed by atoms with Gasteiger partial charge in [-0.25, -0.2) is 14.4 Å². The number of fused-ring (bicyclic) bond motifs is 1. The summed E-state index contributed by atoms with van der Waals surface area (Å²) in [7, 11) is 0. The summed E-state index contributed by atoms with van der Waals surface area (Å²) >= 11 is 3.20. The van der Waals surface area contributed by atoms with Crippen molar-refractivity contribution in [1.82, 2.24) is 9.97 Å². The Bertz CT molecular complexity index is 1030. The summed E-state index contributed by atoms with van der Waals surface area (Å²) in [6.45, 7) is 3.08. The Balaban J connectivity index is 1.92. The van der Waals surface area contributed by atoms with E-state index in [0.717, 1.165) is 6.42 Å². The van der Waals surface area contributed by atoms with Gasteiger partial charge in [0.15, 0.2) is 5.75 Å². The number of rotatable bonds is 9. The second kappa shape index (κ2) is 9.57. The van der Waals surface area contributed by atoms with Crippen molar-refractivity contribution >= 4 is 44.0 Å². The predicted octanol–water partition coefficient (Wildman–Crippen LogP) is 4.99. The molecule has 3 aromatic rings. The second-order valence-corrected chi connectivity index (χ2v) is 6.94. The first-order valence-corrected chi connectivity index (χ1v) is 9.64. The van der Waals surface area contributed by atoms with Gasteiger partial charge < -0.3 is 14.8 Å². The minimum Gasteiger partial charge on any atom is -0.484 e. The smallest absolute Gasteiger partial charge is 0.311 e. The number of halogens is 2. The summed E-state index contributed by atoms with van der Waals surface area (Å²) in [6.07, 6.45) is 2.17. The van der Waals surface area contributed by atoms with Crippen LogP contribution < -0.4 is 10.1 Å². The maximum atomic E-state index is 14.2. The lowest BCUT2D eigenvalue weighted by Gasteiger charge is -2.11. The van der Waals surface area contributed by atoms with Gasteiger partial charge in [-0.2, -0.15) is 0 Å². The van der Waals surface area contributed by atoms with Crippen LogP contribution in [0.3, 0.4) is 0 Å². The van der Waals surface area contributed by atoms with Crippen molar-refractivity contribution in [1.29, 1.82) is 0 Å². The fourth-order valence-corrected chi connectivity index (χ4v) is 2.94. The summed E-state index contributed by atoms with van der Waals surface area (Å²) in [6, 6.07) is 7.30. The molecule has 0 unspecified atom stereocenters. The Kier molecular flexibility index (Phi) is 6.89. The van der Waals surface area contributed by atoms with E-state index in [1.54, 1.807) is 6.07 Å². The van der Waals surface area contributed by atoms with Gasteiger partial charge in [0.1, 0.15) is 24.6 Å². The number of nitro groups is 1. The highest BCUT2D eigenvalue weighted by Gasteiger charge is 2.19. The summed E-state index contributed by atoms with van der Waals surface area (Å²) < 4.78 is 25.6. The lowest BCUT2D eigenvalue weighted by Crippen LogP contribution is -2.08. The molecule has 8 nitrogen and oxygen atoms in total. The molecule has 0 spiro atoms. The van der Waals surface area contributed by atoms with Crippen LogP contribution in [0.4, 0.5) is 21.6 Å². The first kappa shape index (κ1) is 20.9. The number of hydrogen-bond donors (Lipinski definition) is 1. The summed E-state index contributed by atoms with van der Waals surface area (Å²) in [5.41, 5.74) is 0.376. The predicted molar refractivity (Wildman–Crippen MR) is 110 cm³/mol. The minimum atomic E-state index is -0.543. The van der Waals surface area contributed by atoms with Crippen molar-refractivity contribution in [3.8, 4) is 5.75 Å². The first-order valence-electron chi connectivity index (χ1n) is 8.85. The molecular weight excluding hydrogens is 447 g/mol. The molecule has 2 aromatic carbocycles. The molecule has 152 valence electrons. The van der Waals surface area contributed by atoms with Crippen molar-refractivity contribution in [3.63, 3.8) is 0 Å². The molecule has 0 saturated heterocycles. The van der Waals surface area contributed by atoms with Crippen LogP contribution in [0, 0.1) is 15.9 Å². The van der Waals surface area contributed by atoms with Crippen LogP contribution in [0.1, 0.15) is 13.3 Å². The van der Waals surface area contributed by atoms with Gasteiger partial charge in [-0.15, -0.1) is 0 Å². The van der Waals surface area contributed by atoms with Gasteiger partial charge in [-0.05, 0) is 24.6 Å². The third-order valence-corrected chi connectivity index (χ3v) is 4.42. The number of aromatic nitrogens is 2.